The van der Waals surface area contributed by atoms with Gasteiger partial charge in [0.05, 0.1) is 18.0 Å². The number of nitrogens with zero attached hydrogens (tertiary/aromatic N) is 5. The summed E-state index contributed by atoms with van der Waals surface area (Å²) in [5.74, 6) is 0.444. The van der Waals surface area contributed by atoms with Gasteiger partial charge in [0.25, 0.3) is 11.5 Å². The van der Waals surface area contributed by atoms with E-state index in [0.717, 1.165) is 10.0 Å². The van der Waals surface area contributed by atoms with Gasteiger partial charge in [-0.1, -0.05) is 53.2 Å². The normalized spacial score (nSPS) is 12.1. The van der Waals surface area contributed by atoms with Crippen LogP contribution in [0.25, 0.3) is 11.0 Å². The van der Waals surface area contributed by atoms with Gasteiger partial charge in [-0.3, -0.25) is 14.2 Å². The average molecular weight is 548 g/mol. The van der Waals surface area contributed by atoms with E-state index in [4.69, 9.17) is 4.98 Å². The fourth-order valence-corrected chi connectivity index (χ4v) is 4.52. The molecular weight excluding hydrogens is 518 g/mol. The van der Waals surface area contributed by atoms with Gasteiger partial charge < -0.3 is 9.80 Å². The predicted octanol–water partition coefficient (Wildman–Crippen LogP) is 4.76. The molecule has 1 atom stereocenters. The largest absolute Gasteiger partial charge is 0.327 e. The number of hydrogen-bond acceptors (Lipinski definition) is 5. The van der Waals surface area contributed by atoms with E-state index in [0.29, 0.717) is 48.5 Å². The molecule has 0 N–H and O–H groups in total. The molecule has 0 aliphatic heterocycles. The van der Waals surface area contributed by atoms with Crippen LogP contribution in [-0.2, 0) is 6.54 Å². The van der Waals surface area contributed by atoms with Crippen molar-refractivity contribution in [3.05, 3.63) is 105 Å². The van der Waals surface area contributed by atoms with Crippen molar-refractivity contribution < 1.29 is 4.79 Å². The van der Waals surface area contributed by atoms with Crippen LogP contribution in [0.2, 0.25) is 0 Å². The number of benzene rings is 2. The van der Waals surface area contributed by atoms with Crippen LogP contribution < -0.4 is 5.56 Å². The fraction of sp³-hybridized carbons (Fsp3) is 0.286. The van der Waals surface area contributed by atoms with Crippen molar-refractivity contribution in [2.45, 2.75) is 25.9 Å². The molecule has 0 bridgehead atoms. The van der Waals surface area contributed by atoms with Gasteiger partial charge in [0, 0.05) is 29.3 Å². The number of carbonyl (C=O) groups is 1. The summed E-state index contributed by atoms with van der Waals surface area (Å²) in [6.45, 7) is 3.54. The van der Waals surface area contributed by atoms with Crippen LogP contribution in [0, 0.1) is 0 Å². The molecule has 2 aromatic heterocycles. The summed E-state index contributed by atoms with van der Waals surface area (Å²) in [7, 11) is 3.96. The Morgan fingerprint density at radius 3 is 2.39 bits per heavy atom. The summed E-state index contributed by atoms with van der Waals surface area (Å²) in [5.41, 5.74) is 1.81. The van der Waals surface area contributed by atoms with Crippen molar-refractivity contribution in [3.63, 3.8) is 0 Å². The molecule has 2 aromatic carbocycles. The molecule has 0 saturated carbocycles. The van der Waals surface area contributed by atoms with Gasteiger partial charge in [-0.25, -0.2) is 9.97 Å². The zero-order valence-electron chi connectivity index (χ0n) is 20.8. The summed E-state index contributed by atoms with van der Waals surface area (Å²) in [6.07, 6.45) is 2.23. The summed E-state index contributed by atoms with van der Waals surface area (Å²) in [5, 5.41) is 0.464. The van der Waals surface area contributed by atoms with E-state index in [1.807, 2.05) is 85.4 Å². The van der Waals surface area contributed by atoms with E-state index in [2.05, 4.69) is 20.9 Å². The highest BCUT2D eigenvalue weighted by Crippen LogP contribution is 2.26. The van der Waals surface area contributed by atoms with Crippen LogP contribution in [0.3, 0.4) is 0 Å². The number of amides is 1. The Bertz CT molecular complexity index is 1390. The number of aromatic nitrogens is 3. The first-order chi connectivity index (χ1) is 17.4. The van der Waals surface area contributed by atoms with Gasteiger partial charge in [0.15, 0.2) is 5.65 Å². The third kappa shape index (κ3) is 5.71. The Hall–Kier alpha value is -3.36. The Kier molecular flexibility index (Phi) is 8.28. The Balaban J connectivity index is 1.87. The van der Waals surface area contributed by atoms with E-state index >= 15 is 0 Å². The topological polar surface area (TPSA) is 71.3 Å². The fourth-order valence-electron chi connectivity index (χ4n) is 4.25. The zero-order chi connectivity index (χ0) is 25.7. The maximum Gasteiger partial charge on any atom is 0.263 e. The van der Waals surface area contributed by atoms with E-state index in [-0.39, 0.29) is 11.5 Å². The molecule has 2 heterocycles. The average Bonchev–Trinajstić information content (AvgIpc) is 2.89. The number of rotatable bonds is 9. The first kappa shape index (κ1) is 25.7. The first-order valence-electron chi connectivity index (χ1n) is 12.0. The van der Waals surface area contributed by atoms with Gasteiger partial charge >= 0.3 is 0 Å². The Morgan fingerprint density at radius 2 is 1.72 bits per heavy atom. The third-order valence-corrected chi connectivity index (χ3v) is 6.67. The van der Waals surface area contributed by atoms with Gasteiger partial charge in [-0.2, -0.15) is 0 Å². The van der Waals surface area contributed by atoms with Crippen molar-refractivity contribution >= 4 is 32.9 Å². The second kappa shape index (κ2) is 11.6. The number of hydrogen-bond donors (Lipinski definition) is 0. The maximum absolute atomic E-state index is 13.8. The van der Waals surface area contributed by atoms with Gasteiger partial charge in [-0.05, 0) is 62.5 Å². The monoisotopic (exact) mass is 547 g/mol. The Morgan fingerprint density at radius 1 is 1.00 bits per heavy atom. The quantitative estimate of drug-likeness (QED) is 0.302. The highest BCUT2D eigenvalue weighted by molar-refractivity contribution is 9.10. The van der Waals surface area contributed by atoms with Crippen LogP contribution in [0.15, 0.2) is 82.2 Å². The molecule has 0 fully saturated rings. The summed E-state index contributed by atoms with van der Waals surface area (Å²) >= 11 is 3.45. The first-order valence-corrected chi connectivity index (χ1v) is 12.8. The summed E-state index contributed by atoms with van der Waals surface area (Å²) in [4.78, 5) is 40.7. The molecular formula is C28H30BrN5O2. The molecule has 1 amide bonds. The van der Waals surface area contributed by atoms with Crippen molar-refractivity contribution in [1.82, 2.24) is 24.3 Å². The molecule has 0 aliphatic rings. The SMILES string of the molecule is CCC(c1nc2ncccc2c(=O)n1Cc1ccccc1)N(CCN(C)C)C(=O)c1ccc(Br)cc1. The molecule has 0 spiro atoms. The Labute approximate surface area is 219 Å². The van der Waals surface area contributed by atoms with Crippen LogP contribution in [-0.4, -0.2) is 57.4 Å². The van der Waals surface area contributed by atoms with Crippen molar-refractivity contribution in [1.29, 1.82) is 0 Å². The number of halogens is 1. The molecule has 0 radical (unpaired) electrons. The minimum Gasteiger partial charge on any atom is -0.327 e. The van der Waals surface area contributed by atoms with Crippen LogP contribution in [0.5, 0.6) is 0 Å². The van der Waals surface area contributed by atoms with E-state index < -0.39 is 6.04 Å². The lowest BCUT2D eigenvalue weighted by Crippen LogP contribution is -2.42. The van der Waals surface area contributed by atoms with Gasteiger partial charge in [0.1, 0.15) is 5.82 Å². The number of pyridine rings is 1. The van der Waals surface area contributed by atoms with E-state index in [1.165, 1.54) is 0 Å². The molecule has 4 rings (SSSR count). The van der Waals surface area contributed by atoms with Crippen LogP contribution in [0.1, 0.15) is 41.1 Å². The second-order valence-corrected chi connectivity index (χ2v) is 9.87. The highest BCUT2D eigenvalue weighted by Gasteiger charge is 2.29. The number of fused-ring (bicyclic) bond motifs is 1. The maximum atomic E-state index is 13.8. The molecule has 36 heavy (non-hydrogen) atoms. The lowest BCUT2D eigenvalue weighted by atomic mass is 10.1. The zero-order valence-corrected chi connectivity index (χ0v) is 22.4. The van der Waals surface area contributed by atoms with Crippen molar-refractivity contribution in [2.24, 2.45) is 0 Å². The van der Waals surface area contributed by atoms with E-state index in [1.54, 1.807) is 22.9 Å². The lowest BCUT2D eigenvalue weighted by Gasteiger charge is -2.33. The molecule has 0 saturated heterocycles. The van der Waals surface area contributed by atoms with Crippen LogP contribution in [0.4, 0.5) is 0 Å². The standard InChI is InChI=1S/C28H30BrN5O2/c1-4-24(33(18-17-32(2)3)27(35)21-12-14-22(29)15-13-21)26-31-25-23(11-8-16-30-25)28(36)34(26)19-20-9-6-5-7-10-20/h5-16,24H,4,17-19H2,1-3H3. The molecule has 186 valence electrons. The minimum absolute atomic E-state index is 0.0992. The summed E-state index contributed by atoms with van der Waals surface area (Å²) in [6, 6.07) is 20.3. The van der Waals surface area contributed by atoms with Crippen molar-refractivity contribution in [2.75, 3.05) is 27.2 Å². The molecule has 8 heteroatoms. The predicted molar refractivity (Wildman–Crippen MR) is 146 cm³/mol. The van der Waals surface area contributed by atoms with Crippen LogP contribution >= 0.6 is 15.9 Å². The van der Waals surface area contributed by atoms with E-state index in [9.17, 15) is 9.59 Å². The van der Waals surface area contributed by atoms with Crippen molar-refractivity contribution in [3.8, 4) is 0 Å². The lowest BCUT2D eigenvalue weighted by molar-refractivity contribution is 0.0642. The van der Waals surface area contributed by atoms with Gasteiger partial charge in [-0.15, -0.1) is 0 Å². The molecule has 1 unspecified atom stereocenters. The molecule has 7 nitrogen and oxygen atoms in total. The molecule has 4 aromatic rings. The smallest absolute Gasteiger partial charge is 0.263 e. The summed E-state index contributed by atoms with van der Waals surface area (Å²) < 4.78 is 2.61. The minimum atomic E-state index is -0.413. The highest BCUT2D eigenvalue weighted by atomic mass is 79.9. The second-order valence-electron chi connectivity index (χ2n) is 8.95. The number of carbonyl (C=O) groups excluding carboxylic acids is 1. The molecule has 0 aliphatic carbocycles. The number of likely N-dealkylation sites (N-methyl/N-ethyl adjacent to an activating group) is 1. The third-order valence-electron chi connectivity index (χ3n) is 6.14. The van der Waals surface area contributed by atoms with Gasteiger partial charge in [0.2, 0.25) is 0 Å².